The maximum absolute atomic E-state index is 13.1. The van der Waals surface area contributed by atoms with Crippen molar-refractivity contribution in [2.45, 2.75) is 45.1 Å². The van der Waals surface area contributed by atoms with Crippen LogP contribution in [0.3, 0.4) is 0 Å². The van der Waals surface area contributed by atoms with Crippen molar-refractivity contribution in [2.24, 2.45) is 11.8 Å². The van der Waals surface area contributed by atoms with Crippen LogP contribution in [0.2, 0.25) is 0 Å². The van der Waals surface area contributed by atoms with Crippen molar-refractivity contribution in [1.29, 1.82) is 0 Å². The molecule has 2 aromatic heterocycles. The lowest BCUT2D eigenvalue weighted by molar-refractivity contribution is 0.0211. The highest BCUT2D eigenvalue weighted by molar-refractivity contribution is 5.94. The maximum atomic E-state index is 13.1. The van der Waals surface area contributed by atoms with E-state index in [-0.39, 0.29) is 5.91 Å². The van der Waals surface area contributed by atoms with Crippen molar-refractivity contribution >= 4 is 5.91 Å². The molecule has 24 heavy (non-hydrogen) atoms. The van der Waals surface area contributed by atoms with Crippen molar-refractivity contribution in [3.05, 3.63) is 42.6 Å². The molecule has 3 atom stereocenters. The largest absolute Gasteiger partial charge is 0.335 e. The molecule has 0 bridgehead atoms. The third-order valence-corrected chi connectivity index (χ3v) is 5.66. The van der Waals surface area contributed by atoms with Crippen molar-refractivity contribution < 1.29 is 4.79 Å². The van der Waals surface area contributed by atoms with Crippen LogP contribution in [0.1, 0.15) is 49.4 Å². The number of nitrogens with zero attached hydrogens (tertiary/aromatic N) is 4. The summed E-state index contributed by atoms with van der Waals surface area (Å²) in [5.41, 5.74) is 0.692. The molecule has 2 fully saturated rings. The van der Waals surface area contributed by atoms with Gasteiger partial charge in [0.15, 0.2) is 0 Å². The smallest absolute Gasteiger partial charge is 0.255 e. The van der Waals surface area contributed by atoms with Crippen LogP contribution in [-0.4, -0.2) is 37.9 Å². The van der Waals surface area contributed by atoms with Gasteiger partial charge in [0.2, 0.25) is 0 Å². The number of carbonyl (C=O) groups excluding carboxylic acids is 1. The summed E-state index contributed by atoms with van der Waals surface area (Å²) >= 11 is 0. The number of hydrogen-bond donors (Lipinski definition) is 0. The van der Waals surface area contributed by atoms with Crippen LogP contribution in [0, 0.1) is 11.8 Å². The minimum Gasteiger partial charge on any atom is -0.335 e. The summed E-state index contributed by atoms with van der Waals surface area (Å²) in [5, 5.41) is 0. The summed E-state index contributed by atoms with van der Waals surface area (Å²) in [5.74, 6) is 2.21. The van der Waals surface area contributed by atoms with E-state index in [1.54, 1.807) is 18.7 Å². The van der Waals surface area contributed by atoms with Crippen LogP contribution < -0.4 is 0 Å². The molecule has 1 aliphatic heterocycles. The first kappa shape index (κ1) is 15.4. The molecule has 5 nitrogen and oxygen atoms in total. The molecule has 1 saturated carbocycles. The number of amides is 1. The fourth-order valence-electron chi connectivity index (χ4n) is 4.52. The number of hydrogen-bond acceptors (Lipinski definition) is 3. The summed E-state index contributed by atoms with van der Waals surface area (Å²) in [6.45, 7) is 3.19. The van der Waals surface area contributed by atoms with Gasteiger partial charge in [-0.1, -0.05) is 13.3 Å². The van der Waals surface area contributed by atoms with Crippen LogP contribution >= 0.6 is 0 Å². The highest BCUT2D eigenvalue weighted by Gasteiger charge is 2.39. The van der Waals surface area contributed by atoms with E-state index in [0.29, 0.717) is 23.4 Å². The molecule has 0 radical (unpaired) electrons. The maximum Gasteiger partial charge on any atom is 0.255 e. The minimum absolute atomic E-state index is 0.142. The van der Waals surface area contributed by atoms with Crippen molar-refractivity contribution in [3.8, 4) is 5.82 Å². The first-order chi connectivity index (χ1) is 11.7. The number of likely N-dealkylation sites (tertiary alicyclic amines) is 1. The Morgan fingerprint density at radius 2 is 2.08 bits per heavy atom. The van der Waals surface area contributed by atoms with Crippen molar-refractivity contribution in [1.82, 2.24) is 19.4 Å². The van der Waals surface area contributed by atoms with Crippen LogP contribution in [0.5, 0.6) is 0 Å². The molecule has 0 N–H and O–H groups in total. The first-order valence-electron chi connectivity index (χ1n) is 8.99. The second-order valence-corrected chi connectivity index (χ2v) is 7.17. The minimum atomic E-state index is 0.142. The number of pyridine rings is 1. The van der Waals surface area contributed by atoms with Gasteiger partial charge in [0.1, 0.15) is 12.1 Å². The van der Waals surface area contributed by atoms with Gasteiger partial charge >= 0.3 is 0 Å². The molecule has 3 heterocycles. The number of rotatable bonds is 2. The van der Waals surface area contributed by atoms with E-state index >= 15 is 0 Å². The monoisotopic (exact) mass is 324 g/mol. The summed E-state index contributed by atoms with van der Waals surface area (Å²) < 4.78 is 1.84. The first-order valence-corrected chi connectivity index (χ1v) is 8.99. The van der Waals surface area contributed by atoms with Crippen molar-refractivity contribution in [2.75, 3.05) is 6.54 Å². The van der Waals surface area contributed by atoms with Crippen LogP contribution in [0.15, 0.2) is 37.1 Å². The fraction of sp³-hybridized carbons (Fsp3) is 0.526. The zero-order chi connectivity index (χ0) is 16.5. The Kier molecular flexibility index (Phi) is 4.08. The van der Waals surface area contributed by atoms with E-state index in [1.807, 2.05) is 22.9 Å². The van der Waals surface area contributed by atoms with Gasteiger partial charge in [-0.05, 0) is 49.7 Å². The van der Waals surface area contributed by atoms with Gasteiger partial charge < -0.3 is 4.90 Å². The molecule has 1 saturated heterocycles. The Labute approximate surface area is 142 Å². The zero-order valence-corrected chi connectivity index (χ0v) is 14.1. The highest BCUT2D eigenvalue weighted by Crippen LogP contribution is 2.39. The SMILES string of the molecule is C[C@@H]1CCC[C@@H]2CCCN(C(=O)c3ccc(-n4ccnc4)nc3)[C@@H]21. The van der Waals surface area contributed by atoms with E-state index < -0.39 is 0 Å². The lowest BCUT2D eigenvalue weighted by atomic mass is 9.73. The number of piperidine rings is 1. The molecule has 126 valence electrons. The Bertz CT molecular complexity index is 693. The van der Waals surface area contributed by atoms with Gasteiger partial charge in [-0.15, -0.1) is 0 Å². The molecular formula is C19H24N4O. The topological polar surface area (TPSA) is 51.0 Å². The lowest BCUT2D eigenvalue weighted by Gasteiger charge is -2.47. The van der Waals surface area contributed by atoms with Crippen LogP contribution in [-0.2, 0) is 0 Å². The average molecular weight is 324 g/mol. The zero-order valence-electron chi connectivity index (χ0n) is 14.1. The third kappa shape index (κ3) is 2.72. The predicted molar refractivity (Wildman–Crippen MR) is 91.9 cm³/mol. The van der Waals surface area contributed by atoms with Gasteiger partial charge in [-0.2, -0.15) is 0 Å². The third-order valence-electron chi connectivity index (χ3n) is 5.66. The van der Waals surface area contributed by atoms with Gasteiger partial charge in [0.05, 0.1) is 5.56 Å². The summed E-state index contributed by atoms with van der Waals surface area (Å²) in [6, 6.07) is 4.19. The molecule has 1 amide bonds. The molecule has 4 rings (SSSR count). The fourth-order valence-corrected chi connectivity index (χ4v) is 4.52. The second-order valence-electron chi connectivity index (χ2n) is 7.17. The van der Waals surface area contributed by atoms with Gasteiger partial charge in [0, 0.05) is 31.2 Å². The number of aromatic nitrogens is 3. The second kappa shape index (κ2) is 6.38. The van der Waals surface area contributed by atoms with Crippen LogP contribution in [0.25, 0.3) is 5.82 Å². The van der Waals surface area contributed by atoms with E-state index in [2.05, 4.69) is 21.8 Å². The number of carbonyl (C=O) groups is 1. The number of imidazole rings is 1. The summed E-state index contributed by atoms with van der Waals surface area (Å²) in [4.78, 5) is 23.7. The van der Waals surface area contributed by atoms with E-state index in [0.717, 1.165) is 18.8 Å². The van der Waals surface area contributed by atoms with E-state index in [9.17, 15) is 4.79 Å². The molecule has 0 spiro atoms. The molecule has 1 aliphatic carbocycles. The highest BCUT2D eigenvalue weighted by atomic mass is 16.2. The molecule has 0 aromatic carbocycles. The quantitative estimate of drug-likeness (QED) is 0.851. The van der Waals surface area contributed by atoms with Crippen LogP contribution in [0.4, 0.5) is 0 Å². The van der Waals surface area contributed by atoms with Crippen molar-refractivity contribution in [3.63, 3.8) is 0 Å². The Hall–Kier alpha value is -2.17. The van der Waals surface area contributed by atoms with E-state index in [1.165, 1.54) is 25.7 Å². The Morgan fingerprint density at radius 1 is 1.21 bits per heavy atom. The molecular weight excluding hydrogens is 300 g/mol. The summed E-state index contributed by atoms with van der Waals surface area (Å²) in [6.07, 6.45) is 13.2. The molecule has 2 aromatic rings. The van der Waals surface area contributed by atoms with E-state index in [4.69, 9.17) is 0 Å². The molecule has 0 unspecified atom stereocenters. The molecule has 5 heteroatoms. The number of fused-ring (bicyclic) bond motifs is 1. The standard InChI is InChI=1S/C19H24N4O/c1-14-4-2-5-15-6-3-10-23(18(14)15)19(24)16-7-8-17(21-12-16)22-11-9-20-13-22/h7-9,11-15,18H,2-6,10H2,1H3/t14-,15-,18-/m1/s1. The predicted octanol–water partition coefficient (Wildman–Crippen LogP) is 3.31. The summed E-state index contributed by atoms with van der Waals surface area (Å²) in [7, 11) is 0. The average Bonchev–Trinajstić information content (AvgIpc) is 3.16. The molecule has 2 aliphatic rings. The van der Waals surface area contributed by atoms with Gasteiger partial charge in [-0.3, -0.25) is 9.36 Å². The van der Waals surface area contributed by atoms with Gasteiger partial charge in [-0.25, -0.2) is 9.97 Å². The lowest BCUT2D eigenvalue weighted by Crippen LogP contribution is -2.53. The Balaban J connectivity index is 1.56. The van der Waals surface area contributed by atoms with Gasteiger partial charge in [0.25, 0.3) is 5.91 Å². The Morgan fingerprint density at radius 3 is 2.83 bits per heavy atom. The normalized spacial score (nSPS) is 26.9.